The molecule has 0 saturated carbocycles. The Labute approximate surface area is 194 Å². The Morgan fingerprint density at radius 2 is 1.65 bits per heavy atom. The fourth-order valence-electron chi connectivity index (χ4n) is 5.17. The third-order valence-corrected chi connectivity index (χ3v) is 6.66. The first-order valence-electron chi connectivity index (χ1n) is 11.1. The van der Waals surface area contributed by atoms with Crippen LogP contribution in [0.15, 0.2) is 81.9 Å². The Bertz CT molecular complexity index is 1640. The topological polar surface area (TPSA) is 93.2 Å². The van der Waals surface area contributed by atoms with Crippen LogP contribution in [0.3, 0.4) is 0 Å². The molecule has 1 aliphatic heterocycles. The Hall–Kier alpha value is -4.23. The summed E-state index contributed by atoms with van der Waals surface area (Å²) in [5.41, 5.74) is 2.68. The quantitative estimate of drug-likeness (QED) is 0.495. The van der Waals surface area contributed by atoms with Gasteiger partial charge in [-0.05, 0) is 16.3 Å². The standard InChI is InChI=1S/C27H21N3O4/c1-34-14-13-30-25-22(26(32)29-27(30)33)20(17-12-6-8-15-7-2-3-9-16(15)17)21-23(28-25)18-10-4-5-11-19(18)24(21)31/h2-12,20,28H,13-14H2,1H3,(H,29,32,33). The maximum Gasteiger partial charge on any atom is 0.330 e. The van der Waals surface area contributed by atoms with Gasteiger partial charge in [0.05, 0.1) is 24.4 Å². The summed E-state index contributed by atoms with van der Waals surface area (Å²) in [7, 11) is 1.56. The number of rotatable bonds is 4. The summed E-state index contributed by atoms with van der Waals surface area (Å²) in [6, 6.07) is 21.2. The van der Waals surface area contributed by atoms with Crippen LogP contribution in [0.4, 0.5) is 5.82 Å². The number of carbonyl (C=O) groups excluding carboxylic acids is 1. The van der Waals surface area contributed by atoms with Gasteiger partial charge in [0.15, 0.2) is 5.78 Å². The van der Waals surface area contributed by atoms with Crippen molar-refractivity contribution in [1.82, 2.24) is 9.55 Å². The molecule has 34 heavy (non-hydrogen) atoms. The van der Waals surface area contributed by atoms with Crippen molar-refractivity contribution >= 4 is 28.1 Å². The second kappa shape index (κ2) is 7.67. The van der Waals surface area contributed by atoms with Crippen LogP contribution in [0.2, 0.25) is 0 Å². The zero-order valence-electron chi connectivity index (χ0n) is 18.4. The van der Waals surface area contributed by atoms with Gasteiger partial charge in [0.2, 0.25) is 0 Å². The van der Waals surface area contributed by atoms with Crippen molar-refractivity contribution in [2.75, 3.05) is 19.0 Å². The lowest BCUT2D eigenvalue weighted by Crippen LogP contribution is -2.39. The zero-order valence-corrected chi connectivity index (χ0v) is 18.4. The molecule has 2 N–H and O–H groups in total. The van der Waals surface area contributed by atoms with E-state index in [1.807, 2.05) is 60.7 Å². The van der Waals surface area contributed by atoms with E-state index in [9.17, 15) is 14.4 Å². The summed E-state index contributed by atoms with van der Waals surface area (Å²) in [4.78, 5) is 42.3. The Morgan fingerprint density at radius 1 is 0.912 bits per heavy atom. The third-order valence-electron chi connectivity index (χ3n) is 6.66. The Kier molecular flexibility index (Phi) is 4.60. The molecule has 2 aliphatic rings. The predicted octanol–water partition coefficient (Wildman–Crippen LogP) is 3.50. The summed E-state index contributed by atoms with van der Waals surface area (Å²) in [5, 5.41) is 5.26. The number of aromatic amines is 1. The van der Waals surface area contributed by atoms with E-state index in [4.69, 9.17) is 4.74 Å². The van der Waals surface area contributed by atoms with Crippen LogP contribution >= 0.6 is 0 Å². The Morgan fingerprint density at radius 3 is 2.47 bits per heavy atom. The van der Waals surface area contributed by atoms with Gasteiger partial charge in [-0.1, -0.05) is 66.7 Å². The molecular weight excluding hydrogens is 430 g/mol. The lowest BCUT2D eigenvalue weighted by molar-refractivity contribution is 0.103. The fraction of sp³-hybridized carbons (Fsp3) is 0.148. The van der Waals surface area contributed by atoms with E-state index in [2.05, 4.69) is 10.3 Å². The van der Waals surface area contributed by atoms with Crippen LogP contribution in [-0.2, 0) is 11.3 Å². The van der Waals surface area contributed by atoms with Crippen molar-refractivity contribution in [3.8, 4) is 0 Å². The van der Waals surface area contributed by atoms with Gasteiger partial charge >= 0.3 is 5.69 Å². The molecule has 1 unspecified atom stereocenters. The van der Waals surface area contributed by atoms with E-state index < -0.39 is 17.2 Å². The highest BCUT2D eigenvalue weighted by atomic mass is 16.5. The van der Waals surface area contributed by atoms with Crippen LogP contribution in [0.1, 0.15) is 33.0 Å². The molecule has 1 atom stereocenters. The molecule has 1 aliphatic carbocycles. The van der Waals surface area contributed by atoms with E-state index in [1.54, 1.807) is 13.2 Å². The van der Waals surface area contributed by atoms with Gasteiger partial charge < -0.3 is 10.1 Å². The molecule has 6 rings (SSSR count). The number of hydrogen-bond donors (Lipinski definition) is 2. The number of H-pyrrole nitrogens is 1. The average Bonchev–Trinajstić information content (AvgIpc) is 3.14. The number of benzene rings is 3. The van der Waals surface area contributed by atoms with Crippen LogP contribution in [0.5, 0.6) is 0 Å². The molecule has 0 amide bonds. The molecule has 0 spiro atoms. The fourth-order valence-corrected chi connectivity index (χ4v) is 5.17. The number of ketones is 1. The molecule has 7 heteroatoms. The minimum atomic E-state index is -0.643. The van der Waals surface area contributed by atoms with Crippen LogP contribution in [0, 0.1) is 0 Å². The number of allylic oxidation sites excluding steroid dienone is 1. The largest absolute Gasteiger partial charge is 0.383 e. The number of ether oxygens (including phenoxy) is 1. The first kappa shape index (κ1) is 20.4. The van der Waals surface area contributed by atoms with E-state index >= 15 is 0 Å². The molecular formula is C27H21N3O4. The minimum Gasteiger partial charge on any atom is -0.383 e. The number of hydrogen-bond acceptors (Lipinski definition) is 5. The first-order valence-corrected chi connectivity index (χ1v) is 11.1. The SMILES string of the molecule is COCCn1c2c(c(=O)[nH]c1=O)C(c1cccc3ccccc13)C1=C(N2)c2ccccc2C1=O. The second-order valence-electron chi connectivity index (χ2n) is 8.46. The zero-order chi connectivity index (χ0) is 23.4. The predicted molar refractivity (Wildman–Crippen MR) is 130 cm³/mol. The van der Waals surface area contributed by atoms with Crippen molar-refractivity contribution in [1.29, 1.82) is 0 Å². The van der Waals surface area contributed by atoms with Gasteiger partial charge in [-0.3, -0.25) is 19.1 Å². The molecule has 168 valence electrons. The van der Waals surface area contributed by atoms with Gasteiger partial charge in [0, 0.05) is 29.7 Å². The van der Waals surface area contributed by atoms with Crippen molar-refractivity contribution in [2.24, 2.45) is 0 Å². The van der Waals surface area contributed by atoms with Crippen molar-refractivity contribution in [2.45, 2.75) is 12.5 Å². The summed E-state index contributed by atoms with van der Waals surface area (Å²) < 4.78 is 6.69. The number of nitrogens with one attached hydrogen (secondary N) is 2. The van der Waals surface area contributed by atoms with Crippen LogP contribution < -0.4 is 16.6 Å². The second-order valence-corrected chi connectivity index (χ2v) is 8.46. The minimum absolute atomic E-state index is 0.115. The van der Waals surface area contributed by atoms with Gasteiger partial charge in [-0.25, -0.2) is 4.79 Å². The first-order chi connectivity index (χ1) is 16.6. The van der Waals surface area contributed by atoms with Gasteiger partial charge in [-0.15, -0.1) is 0 Å². The van der Waals surface area contributed by atoms with Crippen molar-refractivity contribution < 1.29 is 9.53 Å². The number of methoxy groups -OCH3 is 1. The number of Topliss-reactive ketones (excluding diaryl/α,β-unsaturated/α-hetero) is 1. The number of fused-ring (bicyclic) bond motifs is 4. The van der Waals surface area contributed by atoms with Gasteiger partial charge in [0.25, 0.3) is 5.56 Å². The highest BCUT2D eigenvalue weighted by Gasteiger charge is 2.42. The molecule has 4 aromatic rings. The van der Waals surface area contributed by atoms with E-state index in [0.717, 1.165) is 21.9 Å². The molecule has 7 nitrogen and oxygen atoms in total. The summed E-state index contributed by atoms with van der Waals surface area (Å²) >= 11 is 0. The van der Waals surface area contributed by atoms with Gasteiger partial charge in [0.1, 0.15) is 5.82 Å². The number of aromatic nitrogens is 2. The molecule has 3 aromatic carbocycles. The highest BCUT2D eigenvalue weighted by molar-refractivity contribution is 6.24. The third kappa shape index (κ3) is 2.84. The van der Waals surface area contributed by atoms with Gasteiger partial charge in [-0.2, -0.15) is 0 Å². The summed E-state index contributed by atoms with van der Waals surface area (Å²) in [6.07, 6.45) is 0. The number of carbonyl (C=O) groups is 1. The smallest absolute Gasteiger partial charge is 0.330 e. The van der Waals surface area contributed by atoms with Crippen LogP contribution in [0.25, 0.3) is 16.5 Å². The van der Waals surface area contributed by atoms with Crippen LogP contribution in [-0.4, -0.2) is 29.1 Å². The molecule has 0 bridgehead atoms. The average molecular weight is 451 g/mol. The molecule has 0 radical (unpaired) electrons. The summed E-state index contributed by atoms with van der Waals surface area (Å²) in [5.74, 6) is -0.363. The maximum absolute atomic E-state index is 13.7. The maximum atomic E-state index is 13.7. The van der Waals surface area contributed by atoms with Crippen molar-refractivity contribution in [3.05, 3.63) is 115 Å². The normalized spacial score (nSPS) is 16.3. The molecule has 0 fully saturated rings. The Balaban J connectivity index is 1.71. The highest BCUT2D eigenvalue weighted by Crippen LogP contribution is 2.49. The molecule has 1 aromatic heterocycles. The molecule has 0 saturated heterocycles. The van der Waals surface area contributed by atoms with E-state index in [-0.39, 0.29) is 12.3 Å². The lowest BCUT2D eigenvalue weighted by Gasteiger charge is -2.30. The summed E-state index contributed by atoms with van der Waals surface area (Å²) in [6.45, 7) is 0.544. The van der Waals surface area contributed by atoms with Crippen molar-refractivity contribution in [3.63, 3.8) is 0 Å². The van der Waals surface area contributed by atoms with E-state index in [1.165, 1.54) is 4.57 Å². The monoisotopic (exact) mass is 451 g/mol. The van der Waals surface area contributed by atoms with E-state index in [0.29, 0.717) is 34.8 Å². The number of anilines is 1. The molecule has 2 heterocycles. The lowest BCUT2D eigenvalue weighted by atomic mass is 9.79. The number of nitrogens with zero attached hydrogens (tertiary/aromatic N) is 1.